The highest BCUT2D eigenvalue weighted by Gasteiger charge is 2.28. The molecule has 0 aromatic rings. The highest BCUT2D eigenvalue weighted by Crippen LogP contribution is 2.12. The van der Waals surface area contributed by atoms with Crippen LogP contribution in [0.3, 0.4) is 0 Å². The molecule has 0 radical (unpaired) electrons. The first-order chi connectivity index (χ1) is 9.35. The molecule has 2 fully saturated rings. The molecule has 19 heavy (non-hydrogen) atoms. The maximum atomic E-state index is 4.07. The van der Waals surface area contributed by atoms with Crippen molar-refractivity contribution in [2.45, 2.75) is 18.5 Å². The third-order valence-electron chi connectivity index (χ3n) is 4.13. The van der Waals surface area contributed by atoms with Gasteiger partial charge in [0.25, 0.3) is 0 Å². The molecule has 0 aliphatic carbocycles. The second-order valence-corrected chi connectivity index (χ2v) is 5.47. The first kappa shape index (κ1) is 14.7. The average Bonchev–Trinajstić information content (AvgIpc) is 2.70. The molecule has 4 nitrogen and oxygen atoms in total. The minimum atomic E-state index is 0.438. The van der Waals surface area contributed by atoms with Crippen molar-refractivity contribution >= 4 is 0 Å². The van der Waals surface area contributed by atoms with E-state index in [-0.39, 0.29) is 0 Å². The molecule has 2 N–H and O–H groups in total. The molecule has 0 spiro atoms. The summed E-state index contributed by atoms with van der Waals surface area (Å²) in [6.45, 7) is 16.7. The van der Waals surface area contributed by atoms with Crippen molar-refractivity contribution in [1.29, 1.82) is 0 Å². The molecule has 2 saturated heterocycles. The van der Waals surface area contributed by atoms with Crippen molar-refractivity contribution in [1.82, 2.24) is 20.4 Å². The van der Waals surface area contributed by atoms with Crippen LogP contribution < -0.4 is 10.6 Å². The monoisotopic (exact) mass is 264 g/mol. The molecule has 2 heterocycles. The smallest absolute Gasteiger partial charge is 0.0442 e. The fourth-order valence-corrected chi connectivity index (χ4v) is 3.15. The summed E-state index contributed by atoms with van der Waals surface area (Å²) in [5.74, 6) is 0. The molecule has 2 atom stereocenters. The van der Waals surface area contributed by atoms with Crippen LogP contribution in [0.1, 0.15) is 6.42 Å². The zero-order chi connectivity index (χ0) is 13.5. The number of piperazine rings is 1. The zero-order valence-corrected chi connectivity index (χ0v) is 12.0. The van der Waals surface area contributed by atoms with E-state index in [1.54, 1.807) is 0 Å². The van der Waals surface area contributed by atoms with E-state index in [1.807, 2.05) is 6.08 Å². The fourth-order valence-electron chi connectivity index (χ4n) is 3.15. The molecule has 2 aliphatic heterocycles. The second-order valence-electron chi connectivity index (χ2n) is 5.47. The predicted octanol–water partition coefficient (Wildman–Crippen LogP) is 0.296. The summed E-state index contributed by atoms with van der Waals surface area (Å²) in [4.78, 5) is 5.04. The predicted molar refractivity (Wildman–Crippen MR) is 81.5 cm³/mol. The van der Waals surface area contributed by atoms with E-state index in [4.69, 9.17) is 0 Å². The maximum Gasteiger partial charge on any atom is 0.0442 e. The highest BCUT2D eigenvalue weighted by atomic mass is 15.3. The zero-order valence-electron chi connectivity index (χ0n) is 12.0. The Hall–Kier alpha value is -0.680. The van der Waals surface area contributed by atoms with Crippen molar-refractivity contribution < 1.29 is 0 Å². The van der Waals surface area contributed by atoms with Gasteiger partial charge in [0.05, 0.1) is 0 Å². The van der Waals surface area contributed by atoms with Gasteiger partial charge in [0, 0.05) is 57.9 Å². The topological polar surface area (TPSA) is 30.5 Å². The lowest BCUT2D eigenvalue weighted by Crippen LogP contribution is -2.59. The SMILES string of the molecule is C=CCN1CCNC(C(C=C)N2CCCNCC2)C1. The van der Waals surface area contributed by atoms with Crippen LogP contribution in [-0.2, 0) is 0 Å². The van der Waals surface area contributed by atoms with Crippen molar-refractivity contribution in [3.63, 3.8) is 0 Å². The quantitative estimate of drug-likeness (QED) is 0.699. The van der Waals surface area contributed by atoms with Gasteiger partial charge in [0.1, 0.15) is 0 Å². The van der Waals surface area contributed by atoms with Gasteiger partial charge in [-0.05, 0) is 13.0 Å². The first-order valence-electron chi connectivity index (χ1n) is 7.49. The number of hydrogen-bond donors (Lipinski definition) is 2. The normalized spacial score (nSPS) is 28.5. The van der Waals surface area contributed by atoms with E-state index in [0.29, 0.717) is 12.1 Å². The minimum Gasteiger partial charge on any atom is -0.315 e. The molecule has 4 heteroatoms. The molecule has 2 rings (SSSR count). The molecule has 2 unspecified atom stereocenters. The lowest BCUT2D eigenvalue weighted by Gasteiger charge is -2.40. The van der Waals surface area contributed by atoms with E-state index < -0.39 is 0 Å². The van der Waals surface area contributed by atoms with Crippen LogP contribution in [0.4, 0.5) is 0 Å². The summed E-state index contributed by atoms with van der Waals surface area (Å²) >= 11 is 0. The molecule has 0 saturated carbocycles. The van der Waals surface area contributed by atoms with Gasteiger partial charge in [-0.1, -0.05) is 12.2 Å². The first-order valence-corrected chi connectivity index (χ1v) is 7.49. The molecule has 0 amide bonds. The average molecular weight is 264 g/mol. The van der Waals surface area contributed by atoms with Crippen LogP contribution in [0, 0.1) is 0 Å². The van der Waals surface area contributed by atoms with Gasteiger partial charge in [-0.2, -0.15) is 0 Å². The highest BCUT2D eigenvalue weighted by molar-refractivity contribution is 5.00. The van der Waals surface area contributed by atoms with Gasteiger partial charge in [-0.3, -0.25) is 9.80 Å². The summed E-state index contributed by atoms with van der Waals surface area (Å²) in [5, 5.41) is 7.14. The van der Waals surface area contributed by atoms with Crippen molar-refractivity contribution in [3.8, 4) is 0 Å². The molecule has 0 bridgehead atoms. The van der Waals surface area contributed by atoms with Crippen LogP contribution >= 0.6 is 0 Å². The maximum absolute atomic E-state index is 4.07. The van der Waals surface area contributed by atoms with Gasteiger partial charge in [0.2, 0.25) is 0 Å². The molecule has 0 aromatic carbocycles. The van der Waals surface area contributed by atoms with E-state index >= 15 is 0 Å². The Balaban J connectivity index is 1.95. The lowest BCUT2D eigenvalue weighted by atomic mass is 10.0. The molecule has 2 aliphatic rings. The number of nitrogens with one attached hydrogen (secondary N) is 2. The third kappa shape index (κ3) is 4.14. The Labute approximate surface area is 117 Å². The van der Waals surface area contributed by atoms with Crippen molar-refractivity contribution in [2.24, 2.45) is 0 Å². The van der Waals surface area contributed by atoms with E-state index in [2.05, 4.69) is 39.7 Å². The van der Waals surface area contributed by atoms with Gasteiger partial charge < -0.3 is 10.6 Å². The largest absolute Gasteiger partial charge is 0.315 e. The Morgan fingerprint density at radius 2 is 2.05 bits per heavy atom. The minimum absolute atomic E-state index is 0.438. The standard InChI is InChI=1S/C15H28N4/c1-3-9-18-11-8-17-14(13-18)15(4-2)19-10-5-6-16-7-12-19/h3-4,14-17H,1-2,5-13H2. The molecular formula is C15H28N4. The Morgan fingerprint density at radius 1 is 1.16 bits per heavy atom. The van der Waals surface area contributed by atoms with Gasteiger partial charge in [-0.25, -0.2) is 0 Å². The summed E-state index contributed by atoms with van der Waals surface area (Å²) < 4.78 is 0. The Morgan fingerprint density at radius 3 is 2.84 bits per heavy atom. The molecule has 108 valence electrons. The second kappa shape index (κ2) is 7.80. The summed E-state index contributed by atoms with van der Waals surface area (Å²) in [5.41, 5.74) is 0. The number of nitrogens with zero attached hydrogens (tertiary/aromatic N) is 2. The van der Waals surface area contributed by atoms with Gasteiger partial charge in [0.15, 0.2) is 0 Å². The van der Waals surface area contributed by atoms with E-state index in [9.17, 15) is 0 Å². The number of hydrogen-bond acceptors (Lipinski definition) is 4. The van der Waals surface area contributed by atoms with Crippen LogP contribution in [0.5, 0.6) is 0 Å². The van der Waals surface area contributed by atoms with Crippen LogP contribution in [0.2, 0.25) is 0 Å². The van der Waals surface area contributed by atoms with Crippen LogP contribution in [0.25, 0.3) is 0 Å². The summed E-state index contributed by atoms with van der Waals surface area (Å²) in [6.07, 6.45) is 5.36. The molecular weight excluding hydrogens is 236 g/mol. The summed E-state index contributed by atoms with van der Waals surface area (Å²) in [6, 6.07) is 0.928. The van der Waals surface area contributed by atoms with Gasteiger partial charge >= 0.3 is 0 Å². The summed E-state index contributed by atoms with van der Waals surface area (Å²) in [7, 11) is 0. The van der Waals surface area contributed by atoms with Gasteiger partial charge in [-0.15, -0.1) is 13.2 Å². The van der Waals surface area contributed by atoms with Crippen LogP contribution in [0.15, 0.2) is 25.3 Å². The lowest BCUT2D eigenvalue weighted by molar-refractivity contribution is 0.139. The van der Waals surface area contributed by atoms with E-state index in [0.717, 1.165) is 45.8 Å². The third-order valence-corrected chi connectivity index (χ3v) is 4.13. The van der Waals surface area contributed by atoms with Crippen molar-refractivity contribution in [3.05, 3.63) is 25.3 Å². The van der Waals surface area contributed by atoms with Crippen molar-refractivity contribution in [2.75, 3.05) is 52.4 Å². The van der Waals surface area contributed by atoms with E-state index in [1.165, 1.54) is 13.0 Å². The van der Waals surface area contributed by atoms with Crippen LogP contribution in [-0.4, -0.2) is 74.2 Å². The molecule has 0 aromatic heterocycles. The Kier molecular flexibility index (Phi) is 6.04. The Bertz CT molecular complexity index is 284. The number of rotatable bonds is 5. The fraction of sp³-hybridized carbons (Fsp3) is 0.733.